The maximum Gasteiger partial charge on any atom is 0.356 e. The summed E-state index contributed by atoms with van der Waals surface area (Å²) in [6.45, 7) is 5.22. The highest BCUT2D eigenvalue weighted by molar-refractivity contribution is 8.00. The first-order chi connectivity index (χ1) is 12.2. The van der Waals surface area contributed by atoms with Crippen molar-refractivity contribution in [2.24, 2.45) is 5.73 Å². The maximum atomic E-state index is 12.7. The second kappa shape index (κ2) is 7.23. The fourth-order valence-electron chi connectivity index (χ4n) is 3.39. The van der Waals surface area contributed by atoms with Crippen LogP contribution in [-0.4, -0.2) is 51.6 Å². The molecule has 0 aromatic heterocycles. The molecule has 8 heteroatoms. The first-order valence-electron chi connectivity index (χ1n) is 9.07. The Morgan fingerprint density at radius 1 is 1.15 bits per heavy atom. The van der Waals surface area contributed by atoms with Gasteiger partial charge in [0.15, 0.2) is 0 Å². The van der Waals surface area contributed by atoms with Crippen molar-refractivity contribution in [3.8, 4) is 0 Å². The molecule has 1 aliphatic carbocycles. The summed E-state index contributed by atoms with van der Waals surface area (Å²) in [7, 11) is 0. The van der Waals surface area contributed by atoms with E-state index in [-0.39, 0.29) is 34.4 Å². The Bertz CT molecular complexity index is 648. The van der Waals surface area contributed by atoms with Crippen molar-refractivity contribution in [3.05, 3.63) is 11.3 Å². The molecule has 2 heterocycles. The lowest BCUT2D eigenvalue weighted by Gasteiger charge is -2.48. The van der Waals surface area contributed by atoms with E-state index in [1.165, 1.54) is 16.7 Å². The first kappa shape index (κ1) is 19.2. The van der Waals surface area contributed by atoms with Gasteiger partial charge in [-0.05, 0) is 46.5 Å². The number of rotatable bonds is 3. The van der Waals surface area contributed by atoms with Crippen LogP contribution >= 0.6 is 11.8 Å². The zero-order valence-corrected chi connectivity index (χ0v) is 16.3. The minimum absolute atomic E-state index is 0.00353. The van der Waals surface area contributed by atoms with E-state index in [1.807, 2.05) is 0 Å². The largest absolute Gasteiger partial charge is 0.459 e. The van der Waals surface area contributed by atoms with Gasteiger partial charge in [0.05, 0.1) is 5.57 Å². The summed E-state index contributed by atoms with van der Waals surface area (Å²) < 4.78 is 11.1. The van der Waals surface area contributed by atoms with E-state index in [1.54, 1.807) is 20.8 Å². The third-order valence-corrected chi connectivity index (χ3v) is 5.97. The predicted octanol–water partition coefficient (Wildman–Crippen LogP) is 1.70. The lowest BCUT2D eigenvalue weighted by Crippen LogP contribution is -2.68. The fourth-order valence-corrected chi connectivity index (χ4v) is 4.67. The number of amides is 1. The normalized spacial score (nSPS) is 26.9. The van der Waals surface area contributed by atoms with Gasteiger partial charge in [0.1, 0.15) is 28.8 Å². The molecule has 3 aliphatic rings. The monoisotopic (exact) mass is 382 g/mol. The van der Waals surface area contributed by atoms with Crippen LogP contribution in [0.1, 0.15) is 52.9 Å². The van der Waals surface area contributed by atoms with Crippen molar-refractivity contribution < 1.29 is 23.9 Å². The molecule has 26 heavy (non-hydrogen) atoms. The molecule has 1 saturated heterocycles. The molecule has 2 fully saturated rings. The molecule has 1 amide bonds. The minimum Gasteiger partial charge on any atom is -0.459 e. The van der Waals surface area contributed by atoms with Crippen molar-refractivity contribution in [2.45, 2.75) is 76.0 Å². The van der Waals surface area contributed by atoms with Gasteiger partial charge in [-0.25, -0.2) is 9.59 Å². The summed E-state index contributed by atoms with van der Waals surface area (Å²) in [6.07, 6.45) is 4.77. The average molecular weight is 382 g/mol. The molecule has 0 aromatic rings. The van der Waals surface area contributed by atoms with Crippen LogP contribution in [0, 0.1) is 0 Å². The van der Waals surface area contributed by atoms with Crippen LogP contribution in [-0.2, 0) is 23.9 Å². The molecule has 1 saturated carbocycles. The van der Waals surface area contributed by atoms with Gasteiger partial charge < -0.3 is 15.2 Å². The molecule has 7 nitrogen and oxygen atoms in total. The van der Waals surface area contributed by atoms with Gasteiger partial charge in [-0.1, -0.05) is 6.42 Å². The Hall–Kier alpha value is -1.54. The Kier molecular flexibility index (Phi) is 5.35. The standard InChI is InChI=1S/C18H26N2O5S/c1-18(2,3)25-17(23)13-11(9-26-15-12(19)14(21)20(13)15)16(22)24-10-7-5-4-6-8-10/h10,12,15H,4-9,19H2,1-3H3/t12?,15-/m0/s1. The highest BCUT2D eigenvalue weighted by atomic mass is 32.2. The summed E-state index contributed by atoms with van der Waals surface area (Å²) in [4.78, 5) is 39.0. The van der Waals surface area contributed by atoms with Crippen LogP contribution in [0.4, 0.5) is 0 Å². The number of carbonyl (C=O) groups is 3. The molecule has 0 aromatic carbocycles. The molecule has 0 radical (unpaired) electrons. The van der Waals surface area contributed by atoms with Crippen molar-refractivity contribution in [1.82, 2.24) is 4.90 Å². The van der Waals surface area contributed by atoms with Crippen molar-refractivity contribution in [1.29, 1.82) is 0 Å². The number of ether oxygens (including phenoxy) is 2. The molecular weight excluding hydrogens is 356 g/mol. The molecule has 2 aliphatic heterocycles. The van der Waals surface area contributed by atoms with Crippen LogP contribution in [0.2, 0.25) is 0 Å². The molecule has 0 spiro atoms. The van der Waals surface area contributed by atoms with Gasteiger partial charge in [-0.2, -0.15) is 0 Å². The molecule has 2 atom stereocenters. The summed E-state index contributed by atoms with van der Waals surface area (Å²) in [5.41, 5.74) is 5.29. The van der Waals surface area contributed by atoms with E-state index in [9.17, 15) is 14.4 Å². The van der Waals surface area contributed by atoms with E-state index in [2.05, 4.69) is 0 Å². The number of nitrogens with zero attached hydrogens (tertiary/aromatic N) is 1. The van der Waals surface area contributed by atoms with Crippen molar-refractivity contribution in [2.75, 3.05) is 5.75 Å². The lowest BCUT2D eigenvalue weighted by atomic mass is 9.97. The summed E-state index contributed by atoms with van der Waals surface area (Å²) in [5, 5.41) is -0.337. The number of β-lactam (4-membered cyclic amide) rings is 1. The van der Waals surface area contributed by atoms with E-state index >= 15 is 0 Å². The zero-order chi connectivity index (χ0) is 19.1. The van der Waals surface area contributed by atoms with Gasteiger partial charge in [0.2, 0.25) is 5.91 Å². The number of fused-ring (bicyclic) bond motifs is 1. The fraction of sp³-hybridized carbons (Fsp3) is 0.722. The van der Waals surface area contributed by atoms with Crippen molar-refractivity contribution >= 4 is 29.6 Å². The first-order valence-corrected chi connectivity index (χ1v) is 10.1. The summed E-state index contributed by atoms with van der Waals surface area (Å²) in [6, 6.07) is -0.659. The van der Waals surface area contributed by atoms with E-state index < -0.39 is 23.6 Å². The number of hydrogen-bond acceptors (Lipinski definition) is 7. The SMILES string of the molecule is CC(C)(C)OC(=O)C1=C(C(=O)OC2CCCCC2)CS[C@H]2C(N)C(=O)N12. The Morgan fingerprint density at radius 3 is 2.42 bits per heavy atom. The second-order valence-corrected chi connectivity index (χ2v) is 9.03. The van der Waals surface area contributed by atoms with Gasteiger partial charge >= 0.3 is 11.9 Å². The zero-order valence-electron chi connectivity index (χ0n) is 15.4. The Balaban J connectivity index is 1.87. The number of esters is 2. The van der Waals surface area contributed by atoms with Gasteiger partial charge in [-0.3, -0.25) is 9.69 Å². The molecular formula is C18H26N2O5S. The predicted molar refractivity (Wildman–Crippen MR) is 96.9 cm³/mol. The minimum atomic E-state index is -0.738. The van der Waals surface area contributed by atoms with Gasteiger partial charge in [0.25, 0.3) is 0 Å². The van der Waals surface area contributed by atoms with E-state index in [0.29, 0.717) is 0 Å². The van der Waals surface area contributed by atoms with Crippen molar-refractivity contribution in [3.63, 3.8) is 0 Å². The summed E-state index contributed by atoms with van der Waals surface area (Å²) >= 11 is 1.38. The molecule has 0 bridgehead atoms. The average Bonchev–Trinajstić information content (AvgIpc) is 2.59. The molecule has 144 valence electrons. The Morgan fingerprint density at radius 2 is 1.81 bits per heavy atom. The lowest BCUT2D eigenvalue weighted by molar-refractivity contribution is -0.159. The second-order valence-electron chi connectivity index (χ2n) is 7.93. The summed E-state index contributed by atoms with van der Waals surface area (Å²) in [5.74, 6) is -1.30. The topological polar surface area (TPSA) is 98.9 Å². The van der Waals surface area contributed by atoms with Gasteiger partial charge in [0, 0.05) is 5.75 Å². The molecule has 2 N–H and O–H groups in total. The van der Waals surface area contributed by atoms with Crippen LogP contribution < -0.4 is 5.73 Å². The third kappa shape index (κ3) is 3.76. The quantitative estimate of drug-likeness (QED) is 0.586. The van der Waals surface area contributed by atoms with E-state index in [0.717, 1.165) is 32.1 Å². The van der Waals surface area contributed by atoms with Crippen LogP contribution in [0.15, 0.2) is 11.3 Å². The molecule has 3 rings (SSSR count). The van der Waals surface area contributed by atoms with Crippen LogP contribution in [0.5, 0.6) is 0 Å². The Labute approximate surface area is 157 Å². The number of hydrogen-bond donors (Lipinski definition) is 1. The molecule has 1 unspecified atom stereocenters. The van der Waals surface area contributed by atoms with Gasteiger partial charge in [-0.15, -0.1) is 11.8 Å². The highest BCUT2D eigenvalue weighted by Gasteiger charge is 2.53. The van der Waals surface area contributed by atoms with Crippen LogP contribution in [0.3, 0.4) is 0 Å². The highest BCUT2D eigenvalue weighted by Crippen LogP contribution is 2.40. The van der Waals surface area contributed by atoms with E-state index in [4.69, 9.17) is 15.2 Å². The number of nitrogens with two attached hydrogens (primary N) is 1. The number of carbonyl (C=O) groups excluding carboxylic acids is 3. The number of thioether (sulfide) groups is 1. The third-order valence-electron chi connectivity index (χ3n) is 4.67. The maximum absolute atomic E-state index is 12.7. The smallest absolute Gasteiger partial charge is 0.356 e. The van der Waals surface area contributed by atoms with Crippen LogP contribution in [0.25, 0.3) is 0 Å².